The number of halogens is 1. The van der Waals surface area contributed by atoms with Crippen LogP contribution in [0.25, 0.3) is 0 Å². The Morgan fingerprint density at radius 1 is 1.40 bits per heavy atom. The zero-order chi connectivity index (χ0) is 14.5. The number of thiocarbonyl (C=S) groups is 1. The Bertz CT molecular complexity index is 675. The van der Waals surface area contributed by atoms with Gasteiger partial charge in [-0.05, 0) is 37.3 Å². The molecule has 2 N–H and O–H groups in total. The minimum absolute atomic E-state index is 0.108. The SMILES string of the molecule is NC(=S)c1ccc(Cl)c(S(=O)(=O)N2CC3CCC2C3)c1. The highest BCUT2D eigenvalue weighted by Crippen LogP contribution is 2.41. The van der Waals surface area contributed by atoms with Crippen molar-refractivity contribution >= 4 is 38.8 Å². The van der Waals surface area contributed by atoms with Crippen LogP contribution in [0.3, 0.4) is 0 Å². The molecule has 1 aromatic carbocycles. The van der Waals surface area contributed by atoms with E-state index in [1.165, 1.54) is 12.1 Å². The van der Waals surface area contributed by atoms with Gasteiger partial charge in [0.25, 0.3) is 0 Å². The highest BCUT2D eigenvalue weighted by atomic mass is 35.5. The van der Waals surface area contributed by atoms with Crippen LogP contribution in [0.2, 0.25) is 5.02 Å². The zero-order valence-electron chi connectivity index (χ0n) is 10.8. The third-order valence-electron chi connectivity index (χ3n) is 4.16. The summed E-state index contributed by atoms with van der Waals surface area (Å²) in [7, 11) is -3.57. The number of fused-ring (bicyclic) bond motifs is 2. The largest absolute Gasteiger partial charge is 0.389 e. The van der Waals surface area contributed by atoms with Gasteiger partial charge in [-0.15, -0.1) is 0 Å². The Morgan fingerprint density at radius 2 is 2.15 bits per heavy atom. The fourth-order valence-electron chi connectivity index (χ4n) is 3.15. The molecule has 7 heteroatoms. The van der Waals surface area contributed by atoms with Gasteiger partial charge in [-0.3, -0.25) is 0 Å². The summed E-state index contributed by atoms with van der Waals surface area (Å²) in [6.45, 7) is 0.598. The first-order valence-corrected chi connectivity index (χ1v) is 8.73. The van der Waals surface area contributed by atoms with Gasteiger partial charge < -0.3 is 5.73 Å². The molecule has 2 fully saturated rings. The number of hydrogen-bond donors (Lipinski definition) is 1. The van der Waals surface area contributed by atoms with Crippen LogP contribution < -0.4 is 5.73 Å². The van der Waals surface area contributed by atoms with Crippen molar-refractivity contribution < 1.29 is 8.42 Å². The summed E-state index contributed by atoms with van der Waals surface area (Å²) in [6.07, 6.45) is 3.03. The van der Waals surface area contributed by atoms with E-state index in [2.05, 4.69) is 0 Å². The molecule has 1 aliphatic carbocycles. The van der Waals surface area contributed by atoms with Gasteiger partial charge in [0.2, 0.25) is 10.0 Å². The molecular weight excluding hydrogens is 316 g/mol. The first-order valence-electron chi connectivity index (χ1n) is 6.51. The molecule has 3 rings (SSSR count). The number of hydrogen-bond acceptors (Lipinski definition) is 3. The summed E-state index contributed by atoms with van der Waals surface area (Å²) in [5.74, 6) is 0.493. The Kier molecular flexibility index (Phi) is 3.52. The van der Waals surface area contributed by atoms with Crippen molar-refractivity contribution in [3.63, 3.8) is 0 Å². The molecule has 2 unspecified atom stereocenters. The van der Waals surface area contributed by atoms with Gasteiger partial charge in [0.1, 0.15) is 9.88 Å². The summed E-state index contributed by atoms with van der Waals surface area (Å²) in [5.41, 5.74) is 6.09. The lowest BCUT2D eigenvalue weighted by atomic mass is 10.1. The molecule has 2 bridgehead atoms. The molecule has 108 valence electrons. The third-order valence-corrected chi connectivity index (χ3v) is 6.80. The van der Waals surface area contributed by atoms with Crippen molar-refractivity contribution in [1.29, 1.82) is 0 Å². The quantitative estimate of drug-likeness (QED) is 0.862. The minimum Gasteiger partial charge on any atom is -0.389 e. The molecular formula is C13H15ClN2O2S2. The minimum atomic E-state index is -3.57. The van der Waals surface area contributed by atoms with Crippen molar-refractivity contribution in [2.24, 2.45) is 11.7 Å². The van der Waals surface area contributed by atoms with Gasteiger partial charge in [0.15, 0.2) is 0 Å². The van der Waals surface area contributed by atoms with Crippen LogP contribution in [0, 0.1) is 5.92 Å². The topological polar surface area (TPSA) is 63.4 Å². The summed E-state index contributed by atoms with van der Waals surface area (Å²) in [6, 6.07) is 4.78. The van der Waals surface area contributed by atoms with Gasteiger partial charge in [-0.25, -0.2) is 8.42 Å². The summed E-state index contributed by atoms with van der Waals surface area (Å²) in [5, 5.41) is 0.216. The summed E-state index contributed by atoms with van der Waals surface area (Å²) in [4.78, 5) is 0.276. The predicted molar refractivity (Wildman–Crippen MR) is 82.4 cm³/mol. The molecule has 20 heavy (non-hydrogen) atoms. The van der Waals surface area contributed by atoms with Crippen LogP contribution >= 0.6 is 23.8 Å². The van der Waals surface area contributed by atoms with E-state index in [1.807, 2.05) is 0 Å². The maximum absolute atomic E-state index is 12.8. The van der Waals surface area contributed by atoms with Gasteiger partial charge in [0, 0.05) is 18.2 Å². The highest BCUT2D eigenvalue weighted by molar-refractivity contribution is 7.89. The molecule has 1 aliphatic heterocycles. The molecule has 0 amide bonds. The number of piperidine rings is 1. The number of benzene rings is 1. The Labute approximate surface area is 128 Å². The second kappa shape index (κ2) is 4.94. The van der Waals surface area contributed by atoms with Crippen molar-refractivity contribution in [3.8, 4) is 0 Å². The zero-order valence-corrected chi connectivity index (χ0v) is 13.1. The maximum atomic E-state index is 12.8. The standard InChI is InChI=1S/C13H15ClN2O2S2/c14-11-4-2-9(13(15)19)6-12(11)20(17,18)16-7-8-1-3-10(16)5-8/h2,4,6,8,10H,1,3,5,7H2,(H2,15,19). The number of nitrogens with two attached hydrogens (primary N) is 1. The molecule has 2 aliphatic rings. The fourth-order valence-corrected chi connectivity index (χ4v) is 5.53. The number of nitrogens with zero attached hydrogens (tertiary/aromatic N) is 1. The number of sulfonamides is 1. The molecule has 1 heterocycles. The summed E-state index contributed by atoms with van der Waals surface area (Å²) < 4.78 is 27.1. The van der Waals surface area contributed by atoms with Gasteiger partial charge in [-0.1, -0.05) is 29.9 Å². The van der Waals surface area contributed by atoms with Crippen molar-refractivity contribution in [3.05, 3.63) is 28.8 Å². The molecule has 1 saturated heterocycles. The van der Waals surface area contributed by atoms with Crippen LogP contribution in [0.4, 0.5) is 0 Å². The molecule has 1 saturated carbocycles. The number of rotatable bonds is 3. The van der Waals surface area contributed by atoms with Crippen molar-refractivity contribution in [2.75, 3.05) is 6.54 Å². The monoisotopic (exact) mass is 330 g/mol. The lowest BCUT2D eigenvalue weighted by Crippen LogP contribution is -2.37. The van der Waals surface area contributed by atoms with Crippen LogP contribution in [0.15, 0.2) is 23.1 Å². The van der Waals surface area contributed by atoms with Gasteiger partial charge in [-0.2, -0.15) is 4.31 Å². The Balaban J connectivity index is 2.03. The third kappa shape index (κ3) is 2.24. The molecule has 1 aromatic rings. The molecule has 0 aromatic heterocycles. The van der Waals surface area contributed by atoms with E-state index in [-0.39, 0.29) is 20.9 Å². The van der Waals surface area contributed by atoms with E-state index in [9.17, 15) is 8.42 Å². The van der Waals surface area contributed by atoms with E-state index in [0.29, 0.717) is 18.0 Å². The Morgan fingerprint density at radius 3 is 2.70 bits per heavy atom. The van der Waals surface area contributed by atoms with Crippen LogP contribution in [-0.4, -0.2) is 30.3 Å². The van der Waals surface area contributed by atoms with E-state index >= 15 is 0 Å². The molecule has 0 spiro atoms. The molecule has 4 nitrogen and oxygen atoms in total. The van der Waals surface area contributed by atoms with E-state index in [0.717, 1.165) is 19.3 Å². The van der Waals surface area contributed by atoms with E-state index < -0.39 is 10.0 Å². The van der Waals surface area contributed by atoms with Crippen LogP contribution in [-0.2, 0) is 10.0 Å². The van der Waals surface area contributed by atoms with Crippen LogP contribution in [0.5, 0.6) is 0 Å². The second-order valence-corrected chi connectivity index (χ2v) is 8.12. The lowest BCUT2D eigenvalue weighted by molar-refractivity contribution is 0.333. The van der Waals surface area contributed by atoms with Gasteiger partial charge in [0.05, 0.1) is 5.02 Å². The Hall–Kier alpha value is -0.690. The summed E-state index contributed by atoms with van der Waals surface area (Å²) >= 11 is 11.0. The smallest absolute Gasteiger partial charge is 0.244 e. The van der Waals surface area contributed by atoms with E-state index in [1.54, 1.807) is 10.4 Å². The van der Waals surface area contributed by atoms with Crippen molar-refractivity contribution in [2.45, 2.75) is 30.2 Å². The average Bonchev–Trinajstić information content (AvgIpc) is 3.01. The van der Waals surface area contributed by atoms with Crippen LogP contribution in [0.1, 0.15) is 24.8 Å². The average molecular weight is 331 g/mol. The molecule has 2 atom stereocenters. The van der Waals surface area contributed by atoms with Crippen molar-refractivity contribution in [1.82, 2.24) is 4.31 Å². The maximum Gasteiger partial charge on any atom is 0.244 e. The molecule has 0 radical (unpaired) electrons. The first kappa shape index (κ1) is 14.3. The highest BCUT2D eigenvalue weighted by Gasteiger charge is 2.44. The van der Waals surface area contributed by atoms with E-state index in [4.69, 9.17) is 29.6 Å². The van der Waals surface area contributed by atoms with Gasteiger partial charge >= 0.3 is 0 Å². The normalized spacial score (nSPS) is 26.1. The fraction of sp³-hybridized carbons (Fsp3) is 0.462. The second-order valence-electron chi connectivity index (χ2n) is 5.42. The lowest BCUT2D eigenvalue weighted by Gasteiger charge is -2.26. The first-order chi connectivity index (χ1) is 9.39. The predicted octanol–water partition coefficient (Wildman–Crippen LogP) is 2.15.